The third-order valence-electron chi connectivity index (χ3n) is 2.38. The van der Waals surface area contributed by atoms with Crippen molar-refractivity contribution >= 4 is 16.0 Å². The van der Waals surface area contributed by atoms with Gasteiger partial charge in [0.05, 0.1) is 24.4 Å². The van der Waals surface area contributed by atoms with Gasteiger partial charge >= 0.3 is 5.97 Å². The van der Waals surface area contributed by atoms with Gasteiger partial charge in [0.15, 0.2) is 0 Å². The number of hydrogen-bond acceptors (Lipinski definition) is 5. The molecule has 0 saturated heterocycles. The minimum absolute atomic E-state index is 0.0399. The number of aryl methyl sites for hydroxylation is 1. The van der Waals surface area contributed by atoms with Crippen LogP contribution in [0.4, 0.5) is 0 Å². The highest BCUT2D eigenvalue weighted by Crippen LogP contribution is 2.11. The van der Waals surface area contributed by atoms with Gasteiger partial charge in [0.25, 0.3) is 0 Å². The van der Waals surface area contributed by atoms with Crippen molar-refractivity contribution in [3.63, 3.8) is 0 Å². The van der Waals surface area contributed by atoms with E-state index in [-0.39, 0.29) is 17.9 Å². The summed E-state index contributed by atoms with van der Waals surface area (Å²) >= 11 is 0. The van der Waals surface area contributed by atoms with Crippen LogP contribution in [0.3, 0.4) is 0 Å². The van der Waals surface area contributed by atoms with Crippen LogP contribution >= 0.6 is 0 Å². The minimum atomic E-state index is -3.71. The second-order valence-electron chi connectivity index (χ2n) is 3.89. The lowest BCUT2D eigenvalue weighted by Crippen LogP contribution is -2.35. The number of H-pyrrole nitrogens is 1. The minimum Gasteiger partial charge on any atom is -0.481 e. The van der Waals surface area contributed by atoms with Crippen LogP contribution in [-0.4, -0.2) is 48.9 Å². The number of carboxylic acids is 1. The van der Waals surface area contributed by atoms with E-state index in [4.69, 9.17) is 9.84 Å². The van der Waals surface area contributed by atoms with Crippen LogP contribution in [0.15, 0.2) is 11.1 Å². The lowest BCUT2D eigenvalue weighted by molar-refractivity contribution is -0.140. The molecule has 0 amide bonds. The standard InChI is InChI=1S/C10H17N3O5S/c1-3-18-8(4-10(14)15)5-12-19(16,17)9-6-11-13-7(9)2/h6,8,12H,3-5H2,1-2H3,(H,11,13)(H,14,15). The lowest BCUT2D eigenvalue weighted by Gasteiger charge is -2.15. The Kier molecular flexibility index (Phi) is 5.45. The average molecular weight is 291 g/mol. The summed E-state index contributed by atoms with van der Waals surface area (Å²) in [7, 11) is -3.71. The lowest BCUT2D eigenvalue weighted by atomic mass is 10.2. The second-order valence-corrected chi connectivity index (χ2v) is 5.62. The van der Waals surface area contributed by atoms with Crippen molar-refractivity contribution in [3.05, 3.63) is 11.9 Å². The molecule has 1 aromatic heterocycles. The van der Waals surface area contributed by atoms with E-state index in [0.717, 1.165) is 0 Å². The number of nitrogens with one attached hydrogen (secondary N) is 2. The van der Waals surface area contributed by atoms with Crippen LogP contribution in [0.25, 0.3) is 0 Å². The highest BCUT2D eigenvalue weighted by molar-refractivity contribution is 7.89. The normalized spacial score (nSPS) is 13.4. The van der Waals surface area contributed by atoms with Crippen molar-refractivity contribution in [2.75, 3.05) is 13.2 Å². The van der Waals surface area contributed by atoms with Crippen LogP contribution < -0.4 is 4.72 Å². The van der Waals surface area contributed by atoms with Gasteiger partial charge in [-0.05, 0) is 13.8 Å². The molecular weight excluding hydrogens is 274 g/mol. The van der Waals surface area contributed by atoms with Crippen LogP contribution in [0.5, 0.6) is 0 Å². The Morgan fingerprint density at radius 2 is 2.32 bits per heavy atom. The smallest absolute Gasteiger partial charge is 0.306 e. The molecule has 0 aliphatic heterocycles. The predicted octanol–water partition coefficient (Wildman–Crippen LogP) is -0.124. The molecule has 1 heterocycles. The summed E-state index contributed by atoms with van der Waals surface area (Å²) in [5.74, 6) is -1.04. The number of aromatic nitrogens is 2. The summed E-state index contributed by atoms with van der Waals surface area (Å²) in [6, 6.07) is 0. The summed E-state index contributed by atoms with van der Waals surface area (Å²) in [6.45, 7) is 3.50. The van der Waals surface area contributed by atoms with Gasteiger partial charge < -0.3 is 9.84 Å². The molecule has 1 rings (SSSR count). The van der Waals surface area contributed by atoms with Crippen LogP contribution in [-0.2, 0) is 19.6 Å². The maximum absolute atomic E-state index is 11.9. The fourth-order valence-electron chi connectivity index (χ4n) is 1.51. The molecule has 1 aromatic rings. The molecule has 1 unspecified atom stereocenters. The van der Waals surface area contributed by atoms with E-state index in [1.54, 1.807) is 13.8 Å². The van der Waals surface area contributed by atoms with Gasteiger partial charge in [-0.25, -0.2) is 13.1 Å². The number of nitrogens with zero attached hydrogens (tertiary/aromatic N) is 1. The number of carbonyl (C=O) groups is 1. The Bertz CT molecular complexity index is 525. The Morgan fingerprint density at radius 3 is 2.79 bits per heavy atom. The van der Waals surface area contributed by atoms with Crippen molar-refractivity contribution in [3.8, 4) is 0 Å². The quantitative estimate of drug-likeness (QED) is 0.613. The van der Waals surface area contributed by atoms with E-state index >= 15 is 0 Å². The second kappa shape index (κ2) is 6.64. The fourth-order valence-corrected chi connectivity index (χ4v) is 2.71. The maximum atomic E-state index is 11.9. The van der Waals surface area contributed by atoms with Crippen LogP contribution in [0, 0.1) is 6.92 Å². The highest BCUT2D eigenvalue weighted by atomic mass is 32.2. The van der Waals surface area contributed by atoms with Crippen molar-refractivity contribution < 1.29 is 23.1 Å². The molecule has 0 aliphatic carbocycles. The van der Waals surface area contributed by atoms with Crippen LogP contribution in [0.2, 0.25) is 0 Å². The third-order valence-corrected chi connectivity index (χ3v) is 3.92. The number of aromatic amines is 1. The summed E-state index contributed by atoms with van der Waals surface area (Å²) in [5.41, 5.74) is 0.415. The molecule has 9 heteroatoms. The van der Waals surface area contributed by atoms with Gasteiger partial charge in [-0.2, -0.15) is 5.10 Å². The van der Waals surface area contributed by atoms with Gasteiger partial charge in [-0.1, -0.05) is 0 Å². The van der Waals surface area contributed by atoms with E-state index in [1.807, 2.05) is 0 Å². The predicted molar refractivity (Wildman–Crippen MR) is 66.2 cm³/mol. The highest BCUT2D eigenvalue weighted by Gasteiger charge is 2.21. The Morgan fingerprint density at radius 1 is 1.63 bits per heavy atom. The number of hydrogen-bond donors (Lipinski definition) is 3. The molecule has 0 aromatic carbocycles. The van der Waals surface area contributed by atoms with Gasteiger partial charge in [-0.3, -0.25) is 9.89 Å². The Hall–Kier alpha value is -1.45. The fraction of sp³-hybridized carbons (Fsp3) is 0.600. The zero-order valence-electron chi connectivity index (χ0n) is 10.7. The molecule has 8 nitrogen and oxygen atoms in total. The first-order valence-corrected chi connectivity index (χ1v) is 7.18. The van der Waals surface area contributed by atoms with Crippen LogP contribution in [0.1, 0.15) is 19.0 Å². The molecule has 0 fully saturated rings. The topological polar surface area (TPSA) is 121 Å². The number of aliphatic carboxylic acids is 1. The zero-order valence-corrected chi connectivity index (χ0v) is 11.5. The van der Waals surface area contributed by atoms with Crippen molar-refractivity contribution in [1.82, 2.24) is 14.9 Å². The molecule has 3 N–H and O–H groups in total. The van der Waals surface area contributed by atoms with Gasteiger partial charge in [-0.15, -0.1) is 0 Å². The molecule has 0 aliphatic rings. The first kappa shape index (κ1) is 15.6. The largest absolute Gasteiger partial charge is 0.481 e. The Balaban J connectivity index is 2.68. The monoisotopic (exact) mass is 291 g/mol. The summed E-state index contributed by atoms with van der Waals surface area (Å²) < 4.78 is 31.3. The first-order chi connectivity index (χ1) is 8.86. The molecule has 19 heavy (non-hydrogen) atoms. The van der Waals surface area contributed by atoms with E-state index in [1.165, 1.54) is 6.20 Å². The SMILES string of the molecule is CCOC(CNS(=O)(=O)c1cn[nH]c1C)CC(=O)O. The maximum Gasteiger partial charge on any atom is 0.306 e. The number of ether oxygens (including phenoxy) is 1. The molecule has 0 spiro atoms. The molecule has 0 bridgehead atoms. The summed E-state index contributed by atoms with van der Waals surface area (Å²) in [6.07, 6.45) is 0.232. The van der Waals surface area contributed by atoms with E-state index in [0.29, 0.717) is 12.3 Å². The van der Waals surface area contributed by atoms with Gasteiger partial charge in [0.1, 0.15) is 4.90 Å². The third kappa shape index (κ3) is 4.62. The zero-order chi connectivity index (χ0) is 14.5. The molecule has 0 radical (unpaired) electrons. The summed E-state index contributed by atoms with van der Waals surface area (Å²) in [5, 5.41) is 14.9. The Labute approximate surface area is 111 Å². The van der Waals surface area contributed by atoms with Crippen molar-refractivity contribution in [2.45, 2.75) is 31.3 Å². The molecule has 108 valence electrons. The molecular formula is C10H17N3O5S. The average Bonchev–Trinajstić information content (AvgIpc) is 2.73. The first-order valence-electron chi connectivity index (χ1n) is 5.69. The van der Waals surface area contributed by atoms with Crippen molar-refractivity contribution in [1.29, 1.82) is 0 Å². The van der Waals surface area contributed by atoms with E-state index in [2.05, 4.69) is 14.9 Å². The number of carboxylic acid groups (broad SMARTS) is 1. The van der Waals surface area contributed by atoms with E-state index < -0.39 is 22.1 Å². The van der Waals surface area contributed by atoms with Gasteiger partial charge in [0.2, 0.25) is 10.0 Å². The summed E-state index contributed by atoms with van der Waals surface area (Å²) in [4.78, 5) is 10.7. The number of rotatable bonds is 8. The number of sulfonamides is 1. The van der Waals surface area contributed by atoms with Crippen molar-refractivity contribution in [2.24, 2.45) is 0 Å². The van der Waals surface area contributed by atoms with E-state index in [9.17, 15) is 13.2 Å². The van der Waals surface area contributed by atoms with Gasteiger partial charge in [0, 0.05) is 13.2 Å². The molecule has 1 atom stereocenters. The molecule has 0 saturated carbocycles.